The Morgan fingerprint density at radius 3 is 0.355 bits per heavy atom. The molecular formula is C130H204N10S. The second-order valence-corrected chi connectivity index (χ2v) is 21.1. The van der Waals surface area contributed by atoms with Gasteiger partial charge in [0.2, 0.25) is 0 Å². The summed E-state index contributed by atoms with van der Waals surface area (Å²) in [7, 11) is 0. The van der Waals surface area contributed by atoms with E-state index in [1.807, 2.05) is 521 Å². The zero-order chi connectivity index (χ0) is 110. The summed E-state index contributed by atoms with van der Waals surface area (Å²) in [6.07, 6.45) is 23.8. The van der Waals surface area contributed by atoms with Crippen LogP contribution in [0.4, 0.5) is 0 Å². The molecular weight excluding hydrogens is 1730 g/mol. The van der Waals surface area contributed by atoms with Crippen LogP contribution in [-0.2, 0) is 0 Å². The van der Waals surface area contributed by atoms with E-state index in [4.69, 9.17) is 0 Å². The van der Waals surface area contributed by atoms with E-state index in [0.29, 0.717) is 0 Å². The van der Waals surface area contributed by atoms with Gasteiger partial charge in [-0.2, -0.15) is 0 Å². The molecule has 2 N–H and O–H groups in total. The van der Waals surface area contributed by atoms with Gasteiger partial charge in [-0.05, 0) is 97.1 Å². The SMILES string of the molecule is CC.CC.CC.CC.CC.CC.CC.CC.CC.CC.CC.CC.CC.CC.CC.CC.CC.CC.CC.CC.CC.c1ccc2c(c1)[nH]c1ccccc12.c1ccc2c(c1)[nH]c1ccccc12.c1ccc2c(c1)sc1ccccc12.c1ccccc1.c1ccccc1.c1ccccc1.c1ccccc1.c1ccncc1.c1ccncc1.c1ccncc1.c1ccncc1.c1cncnc1.c1cncnc1. The monoisotopic (exact) mass is 1940 g/mol. The maximum Gasteiger partial charge on any atom is 0.115 e. The molecule has 0 aliphatic rings. The molecule has 0 aliphatic heterocycles. The number of H-pyrrole nitrogens is 2. The number of hydrogen-bond acceptors (Lipinski definition) is 9. The lowest BCUT2D eigenvalue weighted by Crippen LogP contribution is -1.66. The van der Waals surface area contributed by atoms with Gasteiger partial charge in [0, 0.05) is 138 Å². The molecule has 0 atom stereocenters. The van der Waals surface area contributed by atoms with Gasteiger partial charge >= 0.3 is 0 Å². The zero-order valence-electron chi connectivity index (χ0n) is 96.9. The third-order valence-corrected chi connectivity index (χ3v) is 14.2. The van der Waals surface area contributed by atoms with Crippen molar-refractivity contribution in [1.82, 2.24) is 49.8 Å². The minimum atomic E-state index is 1.21. The van der Waals surface area contributed by atoms with Crippen LogP contribution in [0.5, 0.6) is 0 Å². The number of fused-ring (bicyclic) bond motifs is 9. The van der Waals surface area contributed by atoms with E-state index >= 15 is 0 Å². The van der Waals surface area contributed by atoms with E-state index in [9.17, 15) is 0 Å². The van der Waals surface area contributed by atoms with Crippen molar-refractivity contribution >= 4 is 75.1 Å². The van der Waals surface area contributed by atoms with Gasteiger partial charge in [-0.15, -0.1) is 11.3 Å². The molecule has 11 heteroatoms. The first-order chi connectivity index (χ1) is 70.3. The molecule has 10 aromatic carbocycles. The van der Waals surface area contributed by atoms with E-state index in [0.717, 1.165) is 0 Å². The van der Waals surface area contributed by atoms with Gasteiger partial charge in [-0.3, -0.25) is 19.9 Å². The quantitative estimate of drug-likeness (QED) is 0.153. The average Bonchev–Trinajstić information content (AvgIpc) is 1.67. The van der Waals surface area contributed by atoms with Gasteiger partial charge in [0.25, 0.3) is 0 Å². The first-order valence-electron chi connectivity index (χ1n) is 52.9. The summed E-state index contributed by atoms with van der Waals surface area (Å²) in [6, 6.07) is 125. The van der Waals surface area contributed by atoms with Crippen LogP contribution in [0.25, 0.3) is 63.8 Å². The minimum absolute atomic E-state index is 1.21. The Bertz CT molecular complexity index is 3710. The lowest BCUT2D eigenvalue weighted by Gasteiger charge is -1.88. The fourth-order valence-corrected chi connectivity index (χ4v) is 9.68. The van der Waals surface area contributed by atoms with Crippen LogP contribution in [0.1, 0.15) is 291 Å². The van der Waals surface area contributed by atoms with Crippen LogP contribution in [-0.4, -0.2) is 49.8 Å². The molecule has 0 amide bonds. The largest absolute Gasteiger partial charge is 0.355 e. The van der Waals surface area contributed by atoms with Gasteiger partial charge < -0.3 is 9.97 Å². The molecule has 0 aliphatic carbocycles. The maximum absolute atomic E-state index is 3.78. The second kappa shape index (κ2) is 166. The molecule has 780 valence electrons. The molecule has 0 radical (unpaired) electrons. The maximum atomic E-state index is 3.78. The van der Waals surface area contributed by atoms with Gasteiger partial charge in [0.1, 0.15) is 12.7 Å². The summed E-state index contributed by atoms with van der Waals surface area (Å²) in [6.45, 7) is 84.0. The molecule has 0 saturated heterocycles. The highest BCUT2D eigenvalue weighted by molar-refractivity contribution is 7.25. The molecule has 0 unspecified atom stereocenters. The Kier molecular flexibility index (Phi) is 191. The predicted molar refractivity (Wildman–Crippen MR) is 656 cm³/mol. The zero-order valence-corrected chi connectivity index (χ0v) is 97.7. The first-order valence-corrected chi connectivity index (χ1v) is 53.7. The topological polar surface area (TPSA) is 135 Å². The highest BCUT2D eigenvalue weighted by Crippen LogP contribution is 2.33. The molecule has 19 rings (SSSR count). The molecule has 141 heavy (non-hydrogen) atoms. The summed E-state index contributed by atoms with van der Waals surface area (Å²) in [5.74, 6) is 0. The van der Waals surface area contributed by atoms with Crippen LogP contribution < -0.4 is 0 Å². The van der Waals surface area contributed by atoms with Gasteiger partial charge in [0.05, 0.1) is 0 Å². The van der Waals surface area contributed by atoms with Crippen LogP contribution >= 0.6 is 11.3 Å². The summed E-state index contributed by atoms with van der Waals surface area (Å²) >= 11 is 1.86. The Morgan fingerprint density at radius 2 is 0.241 bits per heavy atom. The van der Waals surface area contributed by atoms with Crippen molar-refractivity contribution in [3.8, 4) is 0 Å². The van der Waals surface area contributed by atoms with Crippen molar-refractivity contribution in [2.24, 2.45) is 0 Å². The van der Waals surface area contributed by atoms with Crippen LogP contribution in [0, 0.1) is 0 Å². The number of rotatable bonds is 0. The average molecular weight is 1940 g/mol. The summed E-state index contributed by atoms with van der Waals surface area (Å²) in [5.41, 5.74) is 4.85. The molecule has 0 saturated carbocycles. The van der Waals surface area contributed by atoms with E-state index < -0.39 is 0 Å². The minimum Gasteiger partial charge on any atom is -0.355 e. The number of hydrogen-bond donors (Lipinski definition) is 2. The number of pyridine rings is 4. The van der Waals surface area contributed by atoms with Gasteiger partial charge in [0.15, 0.2) is 0 Å². The number of aromatic nitrogens is 10. The molecule has 0 spiro atoms. The molecule has 0 bridgehead atoms. The summed E-state index contributed by atoms with van der Waals surface area (Å²) in [5, 5.41) is 7.97. The smallest absolute Gasteiger partial charge is 0.115 e. The molecule has 19 aromatic rings. The number of para-hydroxylation sites is 4. The van der Waals surface area contributed by atoms with Crippen LogP contribution in [0.2, 0.25) is 0 Å². The van der Waals surface area contributed by atoms with E-state index in [1.165, 1.54) is 76.4 Å². The van der Waals surface area contributed by atoms with Crippen molar-refractivity contribution in [2.75, 3.05) is 0 Å². The fraction of sp³-hybridized carbons (Fsp3) is 0.323. The third kappa shape index (κ3) is 106. The number of nitrogens with zero attached hydrogens (tertiary/aromatic N) is 8. The van der Waals surface area contributed by atoms with Crippen molar-refractivity contribution in [2.45, 2.75) is 291 Å². The Hall–Kier alpha value is -13.2. The normalized spacial score (nSPS) is 7.36. The van der Waals surface area contributed by atoms with Gasteiger partial charge in [-0.25, -0.2) is 19.9 Å². The Balaban J connectivity index is -0.0000000918. The lowest BCUT2D eigenvalue weighted by molar-refractivity contribution is 1.17. The van der Waals surface area contributed by atoms with Gasteiger partial charge in [-0.1, -0.05) is 570 Å². The summed E-state index contributed by atoms with van der Waals surface area (Å²) in [4.78, 5) is 36.6. The number of thiophene rings is 1. The summed E-state index contributed by atoms with van der Waals surface area (Å²) < 4.78 is 2.76. The number of benzene rings is 10. The van der Waals surface area contributed by atoms with E-state index in [1.54, 1.807) is 86.5 Å². The molecule has 9 heterocycles. The van der Waals surface area contributed by atoms with Crippen molar-refractivity contribution in [1.29, 1.82) is 0 Å². The van der Waals surface area contributed by atoms with Crippen LogP contribution in [0.3, 0.4) is 0 Å². The van der Waals surface area contributed by atoms with Crippen LogP contribution in [0.15, 0.2) is 463 Å². The third-order valence-electron chi connectivity index (χ3n) is 13.0. The number of nitrogens with one attached hydrogen (secondary N) is 2. The Morgan fingerprint density at radius 1 is 0.121 bits per heavy atom. The fourth-order valence-electron chi connectivity index (χ4n) is 8.57. The lowest BCUT2D eigenvalue weighted by atomic mass is 10.2. The Labute approximate surface area is 873 Å². The highest BCUT2D eigenvalue weighted by atomic mass is 32.1. The van der Waals surface area contributed by atoms with E-state index in [2.05, 4.69) is 195 Å². The highest BCUT2D eigenvalue weighted by Gasteiger charge is 2.03. The van der Waals surface area contributed by atoms with Crippen molar-refractivity contribution < 1.29 is 0 Å². The molecule has 0 fully saturated rings. The van der Waals surface area contributed by atoms with Crippen molar-refractivity contribution in [3.63, 3.8) is 0 Å². The molecule has 9 aromatic heterocycles. The molecule has 10 nitrogen and oxygen atoms in total. The first kappa shape index (κ1) is 161. The second-order valence-electron chi connectivity index (χ2n) is 20.1. The number of aromatic amines is 2. The standard InChI is InChI=1S/2C12H9N.C12H8S.4C6H6.4C5H5N.2C4H4N2.21C2H6/c3*1-3-7-11-9(5-1)10-6-2-4-8-12(10)13-11;8*1-2-4-6-5-3-1;2*1-2-5-4-6-3-1;21*1-2/h2*1-8,13H;1-8H;4*1-6H;4*1-5H;2*1-4H;21*1-2H3. The van der Waals surface area contributed by atoms with E-state index in [-0.39, 0.29) is 0 Å². The predicted octanol–water partition coefficient (Wildman–Crippen LogP) is 44.3. The van der Waals surface area contributed by atoms with Crippen molar-refractivity contribution in [3.05, 3.63) is 463 Å².